The number of nitrogens with one attached hydrogen (secondary N) is 1. The molecule has 3 aromatic rings. The lowest BCUT2D eigenvalue weighted by atomic mass is 10.1. The first-order chi connectivity index (χ1) is 13.5. The van der Waals surface area contributed by atoms with Crippen LogP contribution in [0.5, 0.6) is 11.5 Å². The molecule has 142 valence electrons. The van der Waals surface area contributed by atoms with Crippen LogP contribution in [0.2, 0.25) is 0 Å². The van der Waals surface area contributed by atoms with Crippen LogP contribution < -0.4 is 10.1 Å². The molecule has 0 radical (unpaired) electrons. The maximum Gasteiger partial charge on any atom is 0.270 e. The van der Waals surface area contributed by atoms with Gasteiger partial charge in [0, 0.05) is 29.8 Å². The fraction of sp³-hybridized carbons (Fsp3) is 0.0952. The van der Waals surface area contributed by atoms with Crippen molar-refractivity contribution in [1.82, 2.24) is 5.32 Å². The quantitative estimate of drug-likeness (QED) is 0.481. The number of nitro benzene ring substituents is 1. The minimum absolute atomic E-state index is 0.0292. The van der Waals surface area contributed by atoms with Gasteiger partial charge in [0.15, 0.2) is 0 Å². The molecule has 1 amide bonds. The van der Waals surface area contributed by atoms with Crippen LogP contribution in [0.1, 0.15) is 21.5 Å². The second-order valence-electron chi connectivity index (χ2n) is 6.05. The number of ether oxygens (including phenoxy) is 1. The predicted molar refractivity (Wildman–Crippen MR) is 103 cm³/mol. The summed E-state index contributed by atoms with van der Waals surface area (Å²) in [6.07, 6.45) is 0. The zero-order valence-electron chi connectivity index (χ0n) is 14.9. The van der Waals surface area contributed by atoms with E-state index in [0.29, 0.717) is 17.9 Å². The first-order valence-electron chi connectivity index (χ1n) is 8.54. The average molecular weight is 378 g/mol. The SMILES string of the molecule is O=C(NCc1cc([N+](=O)[O-])ccc1O)c1ccc(OCc2ccccc2)cc1. The Balaban J connectivity index is 1.57. The molecular formula is C21H18N2O5. The van der Waals surface area contributed by atoms with Gasteiger partial charge in [-0.2, -0.15) is 0 Å². The number of aromatic hydroxyl groups is 1. The van der Waals surface area contributed by atoms with E-state index in [2.05, 4.69) is 5.32 Å². The summed E-state index contributed by atoms with van der Waals surface area (Å²) in [7, 11) is 0. The topological polar surface area (TPSA) is 102 Å². The Morgan fingerprint density at radius 2 is 1.75 bits per heavy atom. The number of non-ortho nitro benzene ring substituents is 1. The van der Waals surface area contributed by atoms with Gasteiger partial charge in [-0.1, -0.05) is 30.3 Å². The van der Waals surface area contributed by atoms with Gasteiger partial charge in [-0.15, -0.1) is 0 Å². The Hall–Kier alpha value is -3.87. The molecule has 0 aliphatic heterocycles. The van der Waals surface area contributed by atoms with Crippen LogP contribution in [-0.2, 0) is 13.2 Å². The van der Waals surface area contributed by atoms with Crippen LogP contribution in [0, 0.1) is 10.1 Å². The summed E-state index contributed by atoms with van der Waals surface area (Å²) in [4.78, 5) is 22.5. The van der Waals surface area contributed by atoms with E-state index in [-0.39, 0.29) is 29.5 Å². The second-order valence-corrected chi connectivity index (χ2v) is 6.05. The van der Waals surface area contributed by atoms with Gasteiger partial charge in [-0.05, 0) is 35.9 Å². The third kappa shape index (κ3) is 4.85. The number of amides is 1. The molecule has 0 aliphatic rings. The normalized spacial score (nSPS) is 10.3. The van der Waals surface area contributed by atoms with Crippen molar-refractivity contribution < 1.29 is 19.6 Å². The number of rotatable bonds is 7. The fourth-order valence-electron chi connectivity index (χ4n) is 2.55. The van der Waals surface area contributed by atoms with Crippen molar-refractivity contribution in [3.8, 4) is 11.5 Å². The maximum absolute atomic E-state index is 12.3. The zero-order chi connectivity index (χ0) is 19.9. The summed E-state index contributed by atoms with van der Waals surface area (Å²) < 4.78 is 5.68. The molecule has 7 heteroatoms. The monoisotopic (exact) mass is 378 g/mol. The van der Waals surface area contributed by atoms with Gasteiger partial charge >= 0.3 is 0 Å². The molecule has 0 atom stereocenters. The lowest BCUT2D eigenvalue weighted by Crippen LogP contribution is -2.22. The third-order valence-electron chi connectivity index (χ3n) is 4.08. The number of nitrogens with zero attached hydrogens (tertiary/aromatic N) is 1. The first kappa shape index (κ1) is 18.9. The molecule has 0 unspecified atom stereocenters. The van der Waals surface area contributed by atoms with E-state index < -0.39 is 4.92 Å². The van der Waals surface area contributed by atoms with Crippen LogP contribution in [-0.4, -0.2) is 15.9 Å². The highest BCUT2D eigenvalue weighted by Gasteiger charge is 2.12. The second kappa shape index (κ2) is 8.68. The average Bonchev–Trinajstić information content (AvgIpc) is 2.72. The Kier molecular flexibility index (Phi) is 5.86. The van der Waals surface area contributed by atoms with Gasteiger partial charge in [-0.3, -0.25) is 14.9 Å². The number of carbonyl (C=O) groups excluding carboxylic acids is 1. The minimum atomic E-state index is -0.557. The van der Waals surface area contributed by atoms with Gasteiger partial charge in [0.2, 0.25) is 0 Å². The first-order valence-corrected chi connectivity index (χ1v) is 8.54. The van der Waals surface area contributed by atoms with Crippen LogP contribution in [0.25, 0.3) is 0 Å². The summed E-state index contributed by atoms with van der Waals surface area (Å²) in [5, 5.41) is 23.3. The van der Waals surface area contributed by atoms with Gasteiger partial charge < -0.3 is 15.2 Å². The van der Waals surface area contributed by atoms with Crippen LogP contribution in [0.15, 0.2) is 72.8 Å². The predicted octanol–water partition coefficient (Wildman–Crippen LogP) is 3.81. The Bertz CT molecular complexity index is 972. The van der Waals surface area contributed by atoms with E-state index in [4.69, 9.17) is 4.74 Å². The van der Waals surface area contributed by atoms with Gasteiger partial charge in [0.1, 0.15) is 18.1 Å². The summed E-state index contributed by atoms with van der Waals surface area (Å²) >= 11 is 0. The molecular weight excluding hydrogens is 360 g/mol. The van der Waals surface area contributed by atoms with Crippen molar-refractivity contribution in [2.24, 2.45) is 0 Å². The van der Waals surface area contributed by atoms with E-state index in [1.54, 1.807) is 24.3 Å². The molecule has 7 nitrogen and oxygen atoms in total. The maximum atomic E-state index is 12.3. The molecule has 0 aromatic heterocycles. The molecule has 0 aliphatic carbocycles. The summed E-state index contributed by atoms with van der Waals surface area (Å²) in [6, 6.07) is 20.1. The van der Waals surface area contributed by atoms with Crippen LogP contribution in [0.3, 0.4) is 0 Å². The largest absolute Gasteiger partial charge is 0.508 e. The van der Waals surface area contributed by atoms with Crippen LogP contribution >= 0.6 is 0 Å². The van der Waals surface area contributed by atoms with E-state index in [1.165, 1.54) is 18.2 Å². The lowest BCUT2D eigenvalue weighted by Gasteiger charge is -2.09. The number of hydrogen-bond donors (Lipinski definition) is 2. The number of hydrogen-bond acceptors (Lipinski definition) is 5. The highest BCUT2D eigenvalue weighted by atomic mass is 16.6. The Morgan fingerprint density at radius 1 is 1.04 bits per heavy atom. The minimum Gasteiger partial charge on any atom is -0.508 e. The molecule has 0 bridgehead atoms. The van der Waals surface area contributed by atoms with E-state index in [1.807, 2.05) is 30.3 Å². The molecule has 2 N–H and O–H groups in total. The number of phenolic OH excluding ortho intramolecular Hbond substituents is 1. The zero-order valence-corrected chi connectivity index (χ0v) is 14.9. The van der Waals surface area contributed by atoms with Crippen molar-refractivity contribution >= 4 is 11.6 Å². The van der Waals surface area contributed by atoms with Gasteiger partial charge in [0.05, 0.1) is 4.92 Å². The fourth-order valence-corrected chi connectivity index (χ4v) is 2.55. The van der Waals surface area contributed by atoms with E-state index >= 15 is 0 Å². The molecule has 0 heterocycles. The molecule has 3 rings (SSSR count). The number of phenols is 1. The third-order valence-corrected chi connectivity index (χ3v) is 4.08. The van der Waals surface area contributed by atoms with Gasteiger partial charge in [0.25, 0.3) is 11.6 Å². The van der Waals surface area contributed by atoms with Crippen molar-refractivity contribution in [2.45, 2.75) is 13.2 Å². The molecule has 3 aromatic carbocycles. The van der Waals surface area contributed by atoms with Crippen LogP contribution in [0.4, 0.5) is 5.69 Å². The van der Waals surface area contributed by atoms with Gasteiger partial charge in [-0.25, -0.2) is 0 Å². The summed E-state index contributed by atoms with van der Waals surface area (Å²) in [5.74, 6) is 0.160. The highest BCUT2D eigenvalue weighted by molar-refractivity contribution is 5.94. The molecule has 0 saturated carbocycles. The van der Waals surface area contributed by atoms with Crippen molar-refractivity contribution in [3.63, 3.8) is 0 Å². The number of nitro groups is 1. The smallest absolute Gasteiger partial charge is 0.270 e. The molecule has 0 saturated heterocycles. The molecule has 28 heavy (non-hydrogen) atoms. The number of benzene rings is 3. The highest BCUT2D eigenvalue weighted by Crippen LogP contribution is 2.23. The Morgan fingerprint density at radius 3 is 2.43 bits per heavy atom. The van der Waals surface area contributed by atoms with Crippen molar-refractivity contribution in [1.29, 1.82) is 0 Å². The van der Waals surface area contributed by atoms with E-state index in [9.17, 15) is 20.0 Å². The van der Waals surface area contributed by atoms with E-state index in [0.717, 1.165) is 5.56 Å². The molecule has 0 spiro atoms. The standard InChI is InChI=1S/C21H18N2O5/c24-20-11-8-18(23(26)27)12-17(20)13-22-21(25)16-6-9-19(10-7-16)28-14-15-4-2-1-3-5-15/h1-12,24H,13-14H2,(H,22,25). The van der Waals surface area contributed by atoms with Crippen molar-refractivity contribution in [3.05, 3.63) is 99.6 Å². The lowest BCUT2D eigenvalue weighted by molar-refractivity contribution is -0.384. The molecule has 0 fully saturated rings. The summed E-state index contributed by atoms with van der Waals surface area (Å²) in [6.45, 7) is 0.400. The summed E-state index contributed by atoms with van der Waals surface area (Å²) in [5.41, 5.74) is 1.57. The number of carbonyl (C=O) groups is 1. The Labute approximate surface area is 161 Å². The van der Waals surface area contributed by atoms with Crippen molar-refractivity contribution in [2.75, 3.05) is 0 Å².